The quantitative estimate of drug-likeness (QED) is 0.426. The van der Waals surface area contributed by atoms with Crippen molar-refractivity contribution in [3.8, 4) is 0 Å². The lowest BCUT2D eigenvalue weighted by molar-refractivity contribution is 0.617. The molecule has 0 atom stereocenters. The molecule has 0 unspecified atom stereocenters. The first-order valence-electron chi connectivity index (χ1n) is 7.12. The number of aliphatic imine (C=N–C) groups is 1. The molecule has 2 N–H and O–H groups in total. The number of aryl methyl sites for hydroxylation is 3. The minimum atomic E-state index is -0.178. The highest BCUT2D eigenvalue weighted by Crippen LogP contribution is 2.16. The van der Waals surface area contributed by atoms with Gasteiger partial charge in [0.15, 0.2) is 5.96 Å². The number of hydrogen-bond donors (Lipinski definition) is 2. The Morgan fingerprint density at radius 2 is 1.91 bits per heavy atom. The Morgan fingerprint density at radius 1 is 1.22 bits per heavy atom. The molecule has 2 rings (SSSR count). The van der Waals surface area contributed by atoms with Crippen LogP contribution in [0.25, 0.3) is 0 Å². The van der Waals surface area contributed by atoms with Gasteiger partial charge in [-0.25, -0.2) is 9.37 Å². The molecular weight excluding hydrogens is 426 g/mol. The second-order valence-electron chi connectivity index (χ2n) is 5.10. The van der Waals surface area contributed by atoms with Gasteiger partial charge in [0.25, 0.3) is 0 Å². The zero-order valence-corrected chi connectivity index (χ0v) is 16.9. The average molecular weight is 448 g/mol. The topological polar surface area (TPSA) is 49.3 Å². The molecule has 126 valence electrons. The van der Waals surface area contributed by atoms with Gasteiger partial charge in [0.1, 0.15) is 5.82 Å². The van der Waals surface area contributed by atoms with Gasteiger partial charge in [-0.2, -0.15) is 0 Å². The molecule has 0 aliphatic heterocycles. The van der Waals surface area contributed by atoms with Crippen LogP contribution in [0.3, 0.4) is 0 Å². The summed E-state index contributed by atoms with van der Waals surface area (Å²) in [5.74, 6) is 0.537. The highest BCUT2D eigenvalue weighted by molar-refractivity contribution is 14.0. The number of aromatic nitrogens is 1. The van der Waals surface area contributed by atoms with Gasteiger partial charge >= 0.3 is 0 Å². The minimum Gasteiger partial charge on any atom is -0.352 e. The molecule has 2 aromatic rings. The van der Waals surface area contributed by atoms with Gasteiger partial charge in [-0.15, -0.1) is 35.3 Å². The summed E-state index contributed by atoms with van der Waals surface area (Å²) in [6.45, 7) is 7.07. The highest BCUT2D eigenvalue weighted by Gasteiger charge is 2.06. The van der Waals surface area contributed by atoms with E-state index in [1.807, 2.05) is 19.9 Å². The second-order valence-corrected chi connectivity index (χ2v) is 6.39. The van der Waals surface area contributed by atoms with Gasteiger partial charge < -0.3 is 10.6 Å². The molecule has 0 spiro atoms. The van der Waals surface area contributed by atoms with Crippen molar-refractivity contribution in [1.29, 1.82) is 0 Å². The van der Waals surface area contributed by atoms with Crippen molar-refractivity contribution in [2.45, 2.75) is 33.9 Å². The number of hydrogen-bond acceptors (Lipinski definition) is 3. The summed E-state index contributed by atoms with van der Waals surface area (Å²) in [5, 5.41) is 7.57. The van der Waals surface area contributed by atoms with E-state index in [1.165, 1.54) is 10.9 Å². The fourth-order valence-corrected chi connectivity index (χ4v) is 3.00. The Hall–Kier alpha value is -1.22. The molecule has 23 heavy (non-hydrogen) atoms. The Labute approximate surface area is 157 Å². The zero-order valence-electron chi connectivity index (χ0n) is 13.7. The van der Waals surface area contributed by atoms with E-state index in [4.69, 9.17) is 0 Å². The molecule has 0 radical (unpaired) electrons. The summed E-state index contributed by atoms with van der Waals surface area (Å²) in [6, 6.07) is 5.11. The fraction of sp³-hybridized carbons (Fsp3) is 0.375. The van der Waals surface area contributed by atoms with Crippen molar-refractivity contribution in [3.63, 3.8) is 0 Å². The maximum atomic E-state index is 13.3. The van der Waals surface area contributed by atoms with Crippen LogP contribution in [0.4, 0.5) is 4.39 Å². The monoisotopic (exact) mass is 448 g/mol. The van der Waals surface area contributed by atoms with Gasteiger partial charge in [0.05, 0.1) is 17.2 Å². The highest BCUT2D eigenvalue weighted by atomic mass is 127. The van der Waals surface area contributed by atoms with Gasteiger partial charge in [0, 0.05) is 18.5 Å². The van der Waals surface area contributed by atoms with Crippen LogP contribution in [0.2, 0.25) is 0 Å². The maximum absolute atomic E-state index is 13.3. The summed E-state index contributed by atoms with van der Waals surface area (Å²) >= 11 is 1.69. The van der Waals surface area contributed by atoms with E-state index < -0.39 is 0 Å². The lowest BCUT2D eigenvalue weighted by Gasteiger charge is -2.12. The molecule has 0 saturated heterocycles. The first kappa shape index (κ1) is 19.8. The smallest absolute Gasteiger partial charge is 0.191 e. The summed E-state index contributed by atoms with van der Waals surface area (Å²) in [4.78, 5) is 9.81. The molecule has 0 fully saturated rings. The van der Waals surface area contributed by atoms with E-state index in [1.54, 1.807) is 31.4 Å². The van der Waals surface area contributed by atoms with E-state index in [9.17, 15) is 4.39 Å². The van der Waals surface area contributed by atoms with Crippen molar-refractivity contribution in [1.82, 2.24) is 15.6 Å². The summed E-state index contributed by atoms with van der Waals surface area (Å²) in [7, 11) is 1.73. The van der Waals surface area contributed by atoms with Crippen LogP contribution in [0.1, 0.15) is 26.7 Å². The standard InChI is InChI=1S/C16H21FN4S.HI/c1-10-7-13(5-6-14(10)17)8-19-16(18-4)20-9-15-11(2)21-12(3)22-15;/h5-7H,8-9H2,1-4H3,(H2,18,19,20);1H. The molecule has 1 aromatic heterocycles. The van der Waals surface area contributed by atoms with Gasteiger partial charge in [-0.05, 0) is 38.0 Å². The van der Waals surface area contributed by atoms with Crippen LogP contribution in [0.5, 0.6) is 0 Å². The predicted octanol–water partition coefficient (Wildman–Crippen LogP) is 3.69. The Kier molecular flexibility index (Phi) is 7.90. The third-order valence-electron chi connectivity index (χ3n) is 3.32. The predicted molar refractivity (Wildman–Crippen MR) is 105 cm³/mol. The van der Waals surface area contributed by atoms with Crippen LogP contribution in [0, 0.1) is 26.6 Å². The van der Waals surface area contributed by atoms with Crippen LogP contribution < -0.4 is 10.6 Å². The van der Waals surface area contributed by atoms with E-state index in [0.29, 0.717) is 24.6 Å². The molecule has 0 bridgehead atoms. The van der Waals surface area contributed by atoms with Crippen molar-refractivity contribution < 1.29 is 4.39 Å². The van der Waals surface area contributed by atoms with Crippen molar-refractivity contribution in [2.75, 3.05) is 7.05 Å². The lowest BCUT2D eigenvalue weighted by atomic mass is 10.1. The SMILES string of the molecule is CN=C(NCc1ccc(F)c(C)c1)NCc1sc(C)nc1C.I. The minimum absolute atomic E-state index is 0. The van der Waals surface area contributed by atoms with Crippen LogP contribution in [0.15, 0.2) is 23.2 Å². The van der Waals surface area contributed by atoms with Gasteiger partial charge in [-0.1, -0.05) is 12.1 Å². The van der Waals surface area contributed by atoms with Crippen molar-refractivity contribution >= 4 is 41.3 Å². The first-order chi connectivity index (χ1) is 10.5. The Morgan fingerprint density at radius 3 is 2.48 bits per heavy atom. The zero-order chi connectivity index (χ0) is 16.1. The van der Waals surface area contributed by atoms with Crippen LogP contribution >= 0.6 is 35.3 Å². The van der Waals surface area contributed by atoms with E-state index >= 15 is 0 Å². The normalized spacial score (nSPS) is 11.1. The number of thiazole rings is 1. The molecule has 1 heterocycles. The maximum Gasteiger partial charge on any atom is 0.191 e. The largest absolute Gasteiger partial charge is 0.352 e. The molecule has 0 aliphatic rings. The van der Waals surface area contributed by atoms with E-state index in [2.05, 4.69) is 20.6 Å². The van der Waals surface area contributed by atoms with Crippen molar-refractivity contribution in [2.24, 2.45) is 4.99 Å². The van der Waals surface area contributed by atoms with E-state index in [0.717, 1.165) is 16.3 Å². The first-order valence-corrected chi connectivity index (χ1v) is 7.93. The molecule has 0 aliphatic carbocycles. The van der Waals surface area contributed by atoms with Gasteiger partial charge in [-0.3, -0.25) is 4.99 Å². The molecule has 0 saturated carbocycles. The summed E-state index contributed by atoms with van der Waals surface area (Å²) < 4.78 is 13.3. The number of nitrogens with zero attached hydrogens (tertiary/aromatic N) is 2. The molecule has 0 amide bonds. The third kappa shape index (κ3) is 5.72. The summed E-state index contributed by atoms with van der Waals surface area (Å²) in [6.07, 6.45) is 0. The molecular formula is C16H22FIN4S. The number of benzene rings is 1. The lowest BCUT2D eigenvalue weighted by Crippen LogP contribution is -2.36. The van der Waals surface area contributed by atoms with Gasteiger partial charge in [0.2, 0.25) is 0 Å². The Balaban J connectivity index is 0.00000264. The molecule has 7 heteroatoms. The number of halogens is 2. The number of guanidine groups is 1. The van der Waals surface area contributed by atoms with Crippen LogP contribution in [-0.2, 0) is 13.1 Å². The second kappa shape index (κ2) is 9.17. The van der Waals surface area contributed by atoms with E-state index in [-0.39, 0.29) is 29.8 Å². The van der Waals surface area contributed by atoms with Crippen molar-refractivity contribution in [3.05, 3.63) is 50.7 Å². The molecule has 1 aromatic carbocycles. The average Bonchev–Trinajstić information content (AvgIpc) is 2.81. The number of nitrogens with one attached hydrogen (secondary N) is 2. The fourth-order valence-electron chi connectivity index (χ4n) is 2.12. The Bertz CT molecular complexity index is 685. The third-order valence-corrected chi connectivity index (χ3v) is 4.39. The van der Waals surface area contributed by atoms with Crippen LogP contribution in [-0.4, -0.2) is 18.0 Å². The summed E-state index contributed by atoms with van der Waals surface area (Å²) in [5.41, 5.74) is 2.73. The number of rotatable bonds is 4. The molecule has 4 nitrogen and oxygen atoms in total.